The molecule has 0 spiro atoms. The number of rotatable bonds is 4. The highest BCUT2D eigenvalue weighted by Crippen LogP contribution is 2.33. The van der Waals surface area contributed by atoms with Crippen molar-refractivity contribution in [1.82, 2.24) is 4.90 Å². The molecule has 4 rings (SSSR count). The summed E-state index contributed by atoms with van der Waals surface area (Å²) in [5.74, 6) is 0.977. The smallest absolute Gasteiger partial charge is 0.298 e. The molecule has 0 unspecified atom stereocenters. The van der Waals surface area contributed by atoms with Crippen LogP contribution in [-0.2, 0) is 4.79 Å². The number of imide groups is 1. The van der Waals surface area contributed by atoms with Crippen LogP contribution in [0.1, 0.15) is 25.0 Å². The normalized spacial score (nSPS) is 20.0. The molecule has 3 heterocycles. The third-order valence-electron chi connectivity index (χ3n) is 4.83. The van der Waals surface area contributed by atoms with E-state index in [-0.39, 0.29) is 11.1 Å². The van der Waals surface area contributed by atoms with Crippen molar-refractivity contribution in [3.05, 3.63) is 52.1 Å². The molecule has 1 aromatic heterocycles. The summed E-state index contributed by atoms with van der Waals surface area (Å²) in [5, 5.41) is 0.428. The lowest BCUT2D eigenvalue weighted by atomic mass is 10.1. The number of quaternary nitrogens is 1. The van der Waals surface area contributed by atoms with Gasteiger partial charge in [0.2, 0.25) is 0 Å². The van der Waals surface area contributed by atoms with Gasteiger partial charge in [-0.2, -0.15) is 0 Å². The summed E-state index contributed by atoms with van der Waals surface area (Å²) in [4.78, 5) is 28.0. The van der Waals surface area contributed by atoms with Crippen molar-refractivity contribution < 1.29 is 18.9 Å². The minimum atomic E-state index is -0.233. The van der Waals surface area contributed by atoms with Crippen LogP contribution in [0, 0.1) is 0 Å². The number of carbonyl (C=O) groups excluding carboxylic acids is 2. The van der Waals surface area contributed by atoms with Crippen molar-refractivity contribution in [2.75, 3.05) is 19.8 Å². The van der Waals surface area contributed by atoms with Gasteiger partial charge in [0.25, 0.3) is 11.1 Å². The van der Waals surface area contributed by atoms with Crippen LogP contribution >= 0.6 is 23.4 Å². The predicted molar refractivity (Wildman–Crippen MR) is 106 cm³/mol. The zero-order chi connectivity index (χ0) is 18.8. The predicted octanol–water partition coefficient (Wildman–Crippen LogP) is 3.66. The topological polar surface area (TPSA) is 55.0 Å². The Morgan fingerprint density at radius 1 is 1.15 bits per heavy atom. The molecule has 2 amide bonds. The molecule has 2 aliphatic rings. The lowest BCUT2D eigenvalue weighted by molar-refractivity contribution is -0.912. The molecule has 1 aromatic carbocycles. The van der Waals surface area contributed by atoms with Crippen LogP contribution in [0.3, 0.4) is 0 Å². The van der Waals surface area contributed by atoms with Crippen LogP contribution in [0.15, 0.2) is 45.7 Å². The maximum absolute atomic E-state index is 12.7. The monoisotopic (exact) mass is 403 g/mol. The summed E-state index contributed by atoms with van der Waals surface area (Å²) < 4.78 is 5.82. The molecule has 0 aliphatic carbocycles. The van der Waals surface area contributed by atoms with Crippen molar-refractivity contribution >= 4 is 40.6 Å². The van der Waals surface area contributed by atoms with Crippen LogP contribution in [-0.4, -0.2) is 35.8 Å². The van der Waals surface area contributed by atoms with Crippen molar-refractivity contribution in [3.63, 3.8) is 0 Å². The molecular weight excluding hydrogens is 384 g/mol. The second-order valence-corrected chi connectivity index (χ2v) is 8.22. The Morgan fingerprint density at radius 3 is 2.74 bits per heavy atom. The third-order valence-corrected chi connectivity index (χ3v) is 5.97. The number of carbonyl (C=O) groups is 2. The van der Waals surface area contributed by atoms with Crippen LogP contribution in [0.2, 0.25) is 5.02 Å². The van der Waals surface area contributed by atoms with E-state index in [0.29, 0.717) is 28.1 Å². The minimum Gasteiger partial charge on any atom is -0.457 e. The van der Waals surface area contributed by atoms with Gasteiger partial charge in [-0.05, 0) is 55.3 Å². The minimum absolute atomic E-state index is 0.203. The first kappa shape index (κ1) is 18.3. The SMILES string of the molecule is O=C1S/C(=C/c2ccc(-c3cccc(Cl)c3)o2)C(=O)N1C[NH+]1CCCCC1. The maximum atomic E-state index is 12.7. The van der Waals surface area contributed by atoms with Gasteiger partial charge in [-0.1, -0.05) is 23.7 Å². The maximum Gasteiger partial charge on any atom is 0.298 e. The molecule has 0 atom stereocenters. The molecule has 2 aromatic rings. The fourth-order valence-electron chi connectivity index (χ4n) is 3.43. The van der Waals surface area contributed by atoms with Gasteiger partial charge in [0, 0.05) is 16.7 Å². The molecule has 140 valence electrons. The number of likely N-dealkylation sites (tertiary alicyclic amines) is 1. The largest absolute Gasteiger partial charge is 0.457 e. The molecule has 27 heavy (non-hydrogen) atoms. The molecule has 2 saturated heterocycles. The fraction of sp³-hybridized carbons (Fsp3) is 0.300. The Labute approximate surface area is 167 Å². The lowest BCUT2D eigenvalue weighted by Crippen LogP contribution is -3.14. The Balaban J connectivity index is 1.49. The van der Waals surface area contributed by atoms with E-state index >= 15 is 0 Å². The summed E-state index contributed by atoms with van der Waals surface area (Å²) in [6.45, 7) is 2.48. The van der Waals surface area contributed by atoms with Crippen molar-refractivity contribution in [1.29, 1.82) is 0 Å². The van der Waals surface area contributed by atoms with Gasteiger partial charge in [-0.15, -0.1) is 0 Å². The van der Waals surface area contributed by atoms with Crippen LogP contribution in [0.4, 0.5) is 4.79 Å². The number of amides is 2. The second kappa shape index (κ2) is 7.92. The van der Waals surface area contributed by atoms with E-state index in [1.807, 2.05) is 24.3 Å². The zero-order valence-electron chi connectivity index (χ0n) is 14.7. The average Bonchev–Trinajstić information content (AvgIpc) is 3.23. The van der Waals surface area contributed by atoms with E-state index in [1.54, 1.807) is 18.2 Å². The van der Waals surface area contributed by atoms with Gasteiger partial charge >= 0.3 is 0 Å². The third kappa shape index (κ3) is 4.13. The number of hydrogen-bond donors (Lipinski definition) is 1. The number of nitrogens with one attached hydrogen (secondary N) is 1. The summed E-state index contributed by atoms with van der Waals surface area (Å²) in [7, 11) is 0. The molecule has 1 N–H and O–H groups in total. The van der Waals surface area contributed by atoms with Crippen molar-refractivity contribution in [3.8, 4) is 11.3 Å². The van der Waals surface area contributed by atoms with Crippen LogP contribution < -0.4 is 4.90 Å². The van der Waals surface area contributed by atoms with E-state index in [4.69, 9.17) is 16.0 Å². The summed E-state index contributed by atoms with van der Waals surface area (Å²) in [5.41, 5.74) is 0.865. The van der Waals surface area contributed by atoms with E-state index in [0.717, 1.165) is 43.3 Å². The Morgan fingerprint density at radius 2 is 1.96 bits per heavy atom. The van der Waals surface area contributed by atoms with Gasteiger partial charge in [0.05, 0.1) is 18.0 Å². The van der Waals surface area contributed by atoms with Gasteiger partial charge in [-0.3, -0.25) is 9.59 Å². The Hall–Kier alpha value is -2.02. The molecule has 0 saturated carbocycles. The molecular formula is C20H20ClN2O3S+. The van der Waals surface area contributed by atoms with Gasteiger partial charge in [-0.25, -0.2) is 4.90 Å². The highest BCUT2D eigenvalue weighted by atomic mass is 35.5. The molecule has 2 aliphatic heterocycles. The first-order valence-electron chi connectivity index (χ1n) is 9.05. The summed E-state index contributed by atoms with van der Waals surface area (Å²) >= 11 is 7.00. The van der Waals surface area contributed by atoms with Crippen molar-refractivity contribution in [2.45, 2.75) is 19.3 Å². The molecule has 0 radical (unpaired) electrons. The molecule has 7 heteroatoms. The number of halogens is 1. The van der Waals surface area contributed by atoms with E-state index in [9.17, 15) is 9.59 Å². The van der Waals surface area contributed by atoms with E-state index < -0.39 is 0 Å². The number of hydrogen-bond acceptors (Lipinski definition) is 4. The van der Waals surface area contributed by atoms with Gasteiger partial charge < -0.3 is 9.32 Å². The highest BCUT2D eigenvalue weighted by Gasteiger charge is 2.37. The molecule has 2 fully saturated rings. The van der Waals surface area contributed by atoms with Crippen molar-refractivity contribution in [2.24, 2.45) is 0 Å². The first-order chi connectivity index (χ1) is 13.1. The number of benzene rings is 1. The van der Waals surface area contributed by atoms with E-state index in [1.165, 1.54) is 16.2 Å². The quantitative estimate of drug-likeness (QED) is 0.791. The number of nitrogens with zero attached hydrogens (tertiary/aromatic N) is 1. The standard InChI is InChI=1S/C20H19ClN2O3S/c21-15-6-4-5-14(11-15)17-8-7-16(26-17)12-18-19(24)23(20(25)27-18)13-22-9-2-1-3-10-22/h4-8,11-12H,1-3,9-10,13H2/p+1/b18-12+. The van der Waals surface area contributed by atoms with Gasteiger partial charge in [0.15, 0.2) is 6.67 Å². The molecule has 5 nitrogen and oxygen atoms in total. The highest BCUT2D eigenvalue weighted by molar-refractivity contribution is 8.18. The number of piperidine rings is 1. The van der Waals surface area contributed by atoms with Gasteiger partial charge in [0.1, 0.15) is 11.5 Å². The Kier molecular flexibility index (Phi) is 5.38. The molecule has 0 bridgehead atoms. The summed E-state index contributed by atoms with van der Waals surface area (Å²) in [6, 6.07) is 11.0. The van der Waals surface area contributed by atoms with Crippen LogP contribution in [0.5, 0.6) is 0 Å². The number of thioether (sulfide) groups is 1. The van der Waals surface area contributed by atoms with Crippen LogP contribution in [0.25, 0.3) is 17.4 Å². The first-order valence-corrected chi connectivity index (χ1v) is 10.2. The second-order valence-electron chi connectivity index (χ2n) is 6.79. The number of furan rings is 1. The van der Waals surface area contributed by atoms with E-state index in [2.05, 4.69) is 0 Å². The summed E-state index contributed by atoms with van der Waals surface area (Å²) in [6.07, 6.45) is 5.18. The zero-order valence-corrected chi connectivity index (χ0v) is 16.3. The average molecular weight is 404 g/mol. The lowest BCUT2D eigenvalue weighted by Gasteiger charge is -2.26. The Bertz CT molecular complexity index is 902. The fourth-order valence-corrected chi connectivity index (χ4v) is 4.43.